The van der Waals surface area contributed by atoms with Gasteiger partial charge in [0, 0.05) is 12.8 Å². The van der Waals surface area contributed by atoms with Crippen LogP contribution in [-0.2, 0) is 14.3 Å². The van der Waals surface area contributed by atoms with Gasteiger partial charge in [0.2, 0.25) is 5.91 Å². The highest BCUT2D eigenvalue weighted by molar-refractivity contribution is 5.76. The number of carbonyl (C=O) groups is 2. The van der Waals surface area contributed by atoms with E-state index in [1.165, 1.54) is 212 Å². The molecule has 0 aliphatic rings. The lowest BCUT2D eigenvalue weighted by molar-refractivity contribution is -0.143. The van der Waals surface area contributed by atoms with E-state index in [1.54, 1.807) is 0 Å². The number of aliphatic hydroxyl groups is 2. The standard InChI is InChI=1S/C61H117NO5/c1-3-5-7-9-11-13-15-17-19-20-23-27-31-35-39-43-47-51-55-61(66)67-56-52-48-44-40-36-32-28-24-21-22-26-30-34-38-42-46-50-54-60(65)62-58(57-63)59(64)53-49-45-41-37-33-29-25-18-16-14-12-10-8-6-4-2/h21,24,32,36,58-59,63-64H,3-20,22-23,25-31,33-35,37-57H2,1-2H3,(H,62,65)/b24-21-,36-32-. The maximum Gasteiger partial charge on any atom is 0.305 e. The van der Waals surface area contributed by atoms with Crippen molar-refractivity contribution < 1.29 is 24.5 Å². The lowest BCUT2D eigenvalue weighted by atomic mass is 10.0. The van der Waals surface area contributed by atoms with E-state index in [1.807, 2.05) is 0 Å². The summed E-state index contributed by atoms with van der Waals surface area (Å²) in [7, 11) is 0. The second-order valence-corrected chi connectivity index (χ2v) is 20.7. The molecule has 0 radical (unpaired) electrons. The summed E-state index contributed by atoms with van der Waals surface area (Å²) in [6.45, 7) is 4.93. The van der Waals surface area contributed by atoms with Gasteiger partial charge in [-0.3, -0.25) is 9.59 Å². The third-order valence-electron chi connectivity index (χ3n) is 14.0. The van der Waals surface area contributed by atoms with Crippen LogP contribution in [0.25, 0.3) is 0 Å². The van der Waals surface area contributed by atoms with Crippen LogP contribution in [0, 0.1) is 0 Å². The normalized spacial score (nSPS) is 12.7. The highest BCUT2D eigenvalue weighted by Crippen LogP contribution is 2.17. The van der Waals surface area contributed by atoms with Crippen molar-refractivity contribution in [2.45, 2.75) is 341 Å². The topological polar surface area (TPSA) is 95.9 Å². The van der Waals surface area contributed by atoms with Crippen LogP contribution in [-0.4, -0.2) is 47.4 Å². The van der Waals surface area contributed by atoms with E-state index in [9.17, 15) is 19.8 Å². The first kappa shape index (κ1) is 65.3. The van der Waals surface area contributed by atoms with Crippen molar-refractivity contribution in [1.29, 1.82) is 0 Å². The first-order valence-electron chi connectivity index (χ1n) is 30.1. The molecule has 2 unspecified atom stereocenters. The largest absolute Gasteiger partial charge is 0.466 e. The van der Waals surface area contributed by atoms with Crippen molar-refractivity contribution in [2.75, 3.05) is 13.2 Å². The molecule has 0 aliphatic heterocycles. The molecule has 0 heterocycles. The molecule has 396 valence electrons. The molecule has 0 aromatic carbocycles. The first-order chi connectivity index (χ1) is 33.0. The minimum absolute atomic E-state index is 0.0107. The fraction of sp³-hybridized carbons (Fsp3) is 0.902. The predicted octanol–water partition coefficient (Wildman–Crippen LogP) is 18.6. The summed E-state index contributed by atoms with van der Waals surface area (Å²) in [6.07, 6.45) is 68.9. The molecule has 0 spiro atoms. The number of carbonyl (C=O) groups excluding carboxylic acids is 2. The van der Waals surface area contributed by atoms with E-state index in [2.05, 4.69) is 43.5 Å². The number of allylic oxidation sites excluding steroid dienone is 4. The van der Waals surface area contributed by atoms with Gasteiger partial charge in [0.25, 0.3) is 0 Å². The summed E-state index contributed by atoms with van der Waals surface area (Å²) >= 11 is 0. The summed E-state index contributed by atoms with van der Waals surface area (Å²) in [6, 6.07) is -0.553. The average molecular weight is 945 g/mol. The van der Waals surface area contributed by atoms with E-state index < -0.39 is 12.1 Å². The van der Waals surface area contributed by atoms with Gasteiger partial charge in [0.05, 0.1) is 25.4 Å². The number of amides is 1. The third kappa shape index (κ3) is 53.5. The maximum atomic E-state index is 12.5. The van der Waals surface area contributed by atoms with E-state index in [4.69, 9.17) is 4.74 Å². The molecule has 0 aromatic rings. The molecule has 6 heteroatoms. The molecular weight excluding hydrogens is 827 g/mol. The SMILES string of the molecule is CCCCCCCCCCCCCCCCCCCCC(=O)OCCCCC/C=C\C/C=C\CCCCCCCCCC(=O)NC(CO)C(O)CCCCCCCCCCCCCCCCC. The summed E-state index contributed by atoms with van der Waals surface area (Å²) in [5, 5.41) is 23.3. The van der Waals surface area contributed by atoms with Crippen LogP contribution < -0.4 is 5.32 Å². The lowest BCUT2D eigenvalue weighted by Crippen LogP contribution is -2.45. The second kappa shape index (κ2) is 56.9. The minimum atomic E-state index is -0.674. The summed E-state index contributed by atoms with van der Waals surface area (Å²) in [4.78, 5) is 24.5. The minimum Gasteiger partial charge on any atom is -0.466 e. The van der Waals surface area contributed by atoms with Gasteiger partial charge in [-0.1, -0.05) is 276 Å². The van der Waals surface area contributed by atoms with Crippen LogP contribution in [0.5, 0.6) is 0 Å². The Hall–Kier alpha value is -1.66. The number of esters is 1. The molecular formula is C61H117NO5. The number of aliphatic hydroxyl groups excluding tert-OH is 2. The van der Waals surface area contributed by atoms with Crippen LogP contribution in [0.1, 0.15) is 328 Å². The van der Waals surface area contributed by atoms with Crippen molar-refractivity contribution in [3.8, 4) is 0 Å². The summed E-state index contributed by atoms with van der Waals surface area (Å²) in [5.74, 6) is -0.0601. The number of unbranched alkanes of at least 4 members (excludes halogenated alkanes) is 41. The van der Waals surface area contributed by atoms with E-state index in [0.29, 0.717) is 25.9 Å². The zero-order valence-corrected chi connectivity index (χ0v) is 45.1. The third-order valence-corrected chi connectivity index (χ3v) is 14.0. The molecule has 3 N–H and O–H groups in total. The zero-order chi connectivity index (χ0) is 48.6. The Balaban J connectivity index is 3.47. The molecule has 0 rings (SSSR count). The number of hydrogen-bond donors (Lipinski definition) is 3. The molecule has 6 nitrogen and oxygen atoms in total. The van der Waals surface area contributed by atoms with Gasteiger partial charge in [-0.2, -0.15) is 0 Å². The summed E-state index contributed by atoms with van der Waals surface area (Å²) in [5.41, 5.74) is 0. The van der Waals surface area contributed by atoms with Gasteiger partial charge in [-0.25, -0.2) is 0 Å². The average Bonchev–Trinajstić information content (AvgIpc) is 3.33. The van der Waals surface area contributed by atoms with Crippen LogP contribution in [0.2, 0.25) is 0 Å². The van der Waals surface area contributed by atoms with Crippen molar-refractivity contribution in [2.24, 2.45) is 0 Å². The smallest absolute Gasteiger partial charge is 0.305 e. The number of nitrogens with one attached hydrogen (secondary N) is 1. The van der Waals surface area contributed by atoms with Gasteiger partial charge in [-0.15, -0.1) is 0 Å². The fourth-order valence-electron chi connectivity index (χ4n) is 9.38. The predicted molar refractivity (Wildman–Crippen MR) is 292 cm³/mol. The Labute approximate surface area is 418 Å². The Bertz CT molecular complexity index is 1040. The van der Waals surface area contributed by atoms with E-state index in [-0.39, 0.29) is 18.5 Å². The fourth-order valence-corrected chi connectivity index (χ4v) is 9.38. The van der Waals surface area contributed by atoms with Crippen LogP contribution in [0.4, 0.5) is 0 Å². The molecule has 0 bridgehead atoms. The molecule has 67 heavy (non-hydrogen) atoms. The van der Waals surface area contributed by atoms with Gasteiger partial charge in [0.1, 0.15) is 0 Å². The van der Waals surface area contributed by atoms with Crippen molar-refractivity contribution >= 4 is 11.9 Å². The number of rotatable bonds is 56. The van der Waals surface area contributed by atoms with E-state index >= 15 is 0 Å². The molecule has 0 saturated heterocycles. The Morgan fingerprint density at radius 1 is 0.418 bits per heavy atom. The summed E-state index contributed by atoms with van der Waals surface area (Å²) < 4.78 is 5.47. The van der Waals surface area contributed by atoms with Gasteiger partial charge >= 0.3 is 5.97 Å². The molecule has 0 aliphatic carbocycles. The molecule has 0 aromatic heterocycles. The first-order valence-corrected chi connectivity index (χ1v) is 30.1. The van der Waals surface area contributed by atoms with Gasteiger partial charge in [-0.05, 0) is 64.2 Å². The molecule has 2 atom stereocenters. The van der Waals surface area contributed by atoms with Gasteiger partial charge < -0.3 is 20.3 Å². The Morgan fingerprint density at radius 3 is 1.13 bits per heavy atom. The maximum absolute atomic E-state index is 12.5. The van der Waals surface area contributed by atoms with Crippen molar-refractivity contribution in [1.82, 2.24) is 5.32 Å². The van der Waals surface area contributed by atoms with Crippen LogP contribution >= 0.6 is 0 Å². The second-order valence-electron chi connectivity index (χ2n) is 20.7. The van der Waals surface area contributed by atoms with E-state index in [0.717, 1.165) is 83.5 Å². The monoisotopic (exact) mass is 944 g/mol. The zero-order valence-electron chi connectivity index (χ0n) is 45.1. The van der Waals surface area contributed by atoms with Gasteiger partial charge in [0.15, 0.2) is 0 Å². The molecule has 0 fully saturated rings. The Morgan fingerprint density at radius 2 is 0.746 bits per heavy atom. The van der Waals surface area contributed by atoms with Crippen LogP contribution in [0.3, 0.4) is 0 Å². The Kier molecular flexibility index (Phi) is 55.5. The lowest BCUT2D eigenvalue weighted by Gasteiger charge is -2.22. The van der Waals surface area contributed by atoms with Crippen molar-refractivity contribution in [3.05, 3.63) is 24.3 Å². The quantitative estimate of drug-likeness (QED) is 0.0321. The molecule has 0 saturated carbocycles. The number of hydrogen-bond acceptors (Lipinski definition) is 5. The molecule has 1 amide bonds. The highest BCUT2D eigenvalue weighted by atomic mass is 16.5. The highest BCUT2D eigenvalue weighted by Gasteiger charge is 2.20. The van der Waals surface area contributed by atoms with Crippen LogP contribution in [0.15, 0.2) is 24.3 Å². The van der Waals surface area contributed by atoms with Crippen molar-refractivity contribution in [3.63, 3.8) is 0 Å². The number of ether oxygens (including phenoxy) is 1.